The largest absolute Gasteiger partial charge is 0.465 e. The number of methoxy groups -OCH3 is 1. The highest BCUT2D eigenvalue weighted by atomic mass is 79.9. The first kappa shape index (κ1) is 12.8. The number of rotatable bonds is 3. The van der Waals surface area contributed by atoms with Gasteiger partial charge in [0.1, 0.15) is 11.4 Å². The standard InChI is InChI=1S/C9H9BrF2N2O2/c1-16-9(15)6-4(2-10)5(7(11)12)3-14-8(6)13/h3,7H,2H2,1H3,(H2,13,14). The van der Waals surface area contributed by atoms with Gasteiger partial charge in [0.15, 0.2) is 0 Å². The molecule has 0 amide bonds. The lowest BCUT2D eigenvalue weighted by atomic mass is 10.1. The van der Waals surface area contributed by atoms with Crippen LogP contribution in [0, 0.1) is 0 Å². The molecule has 88 valence electrons. The van der Waals surface area contributed by atoms with Crippen molar-refractivity contribution in [3.05, 3.63) is 22.9 Å². The molecule has 1 rings (SSSR count). The molecule has 4 nitrogen and oxygen atoms in total. The summed E-state index contributed by atoms with van der Waals surface area (Å²) in [6.45, 7) is 0. The van der Waals surface area contributed by atoms with Gasteiger partial charge in [0.05, 0.1) is 7.11 Å². The summed E-state index contributed by atoms with van der Waals surface area (Å²) in [4.78, 5) is 14.9. The van der Waals surface area contributed by atoms with Crippen LogP contribution in [0.4, 0.5) is 14.6 Å². The molecule has 1 aromatic rings. The molecule has 2 N–H and O–H groups in total. The Kier molecular flexibility index (Phi) is 4.17. The number of halogens is 3. The molecule has 0 bridgehead atoms. The molecule has 0 fully saturated rings. The third-order valence-electron chi connectivity index (χ3n) is 2.01. The predicted molar refractivity (Wildman–Crippen MR) is 57.6 cm³/mol. The molecule has 1 heterocycles. The van der Waals surface area contributed by atoms with Gasteiger partial charge < -0.3 is 10.5 Å². The van der Waals surface area contributed by atoms with Crippen LogP contribution >= 0.6 is 15.9 Å². The zero-order valence-electron chi connectivity index (χ0n) is 8.34. The Hall–Kier alpha value is -1.24. The third kappa shape index (κ3) is 2.29. The Bertz CT molecular complexity index is 413. The number of esters is 1. The lowest BCUT2D eigenvalue weighted by Crippen LogP contribution is -2.13. The van der Waals surface area contributed by atoms with E-state index in [1.165, 1.54) is 0 Å². The Morgan fingerprint density at radius 3 is 2.75 bits per heavy atom. The highest BCUT2D eigenvalue weighted by Gasteiger charge is 2.23. The van der Waals surface area contributed by atoms with Crippen LogP contribution in [0.2, 0.25) is 0 Å². The van der Waals surface area contributed by atoms with Crippen molar-refractivity contribution in [3.63, 3.8) is 0 Å². The molecular formula is C9H9BrF2N2O2. The quantitative estimate of drug-likeness (QED) is 0.686. The van der Waals surface area contributed by atoms with E-state index in [-0.39, 0.29) is 27.8 Å². The lowest BCUT2D eigenvalue weighted by molar-refractivity contribution is 0.0600. The maximum Gasteiger partial charge on any atom is 0.341 e. The SMILES string of the molecule is COC(=O)c1c(N)ncc(C(F)F)c1CBr. The molecule has 0 saturated heterocycles. The van der Waals surface area contributed by atoms with Crippen LogP contribution in [0.5, 0.6) is 0 Å². The number of carbonyl (C=O) groups is 1. The van der Waals surface area contributed by atoms with E-state index in [9.17, 15) is 13.6 Å². The van der Waals surface area contributed by atoms with Gasteiger partial charge in [0.25, 0.3) is 6.43 Å². The summed E-state index contributed by atoms with van der Waals surface area (Å²) in [6, 6.07) is 0. The average molecular weight is 295 g/mol. The maximum absolute atomic E-state index is 12.6. The Morgan fingerprint density at radius 2 is 2.31 bits per heavy atom. The second-order valence-electron chi connectivity index (χ2n) is 2.88. The first-order chi connectivity index (χ1) is 7.52. The number of pyridine rings is 1. The van der Waals surface area contributed by atoms with Crippen LogP contribution in [0.25, 0.3) is 0 Å². The molecule has 0 aliphatic heterocycles. The fourth-order valence-corrected chi connectivity index (χ4v) is 1.85. The zero-order valence-corrected chi connectivity index (χ0v) is 9.92. The molecule has 16 heavy (non-hydrogen) atoms. The van der Waals surface area contributed by atoms with Crippen LogP contribution in [-0.4, -0.2) is 18.1 Å². The van der Waals surface area contributed by atoms with Gasteiger partial charge in [-0.1, -0.05) is 15.9 Å². The van der Waals surface area contributed by atoms with Crippen molar-refractivity contribution >= 4 is 27.7 Å². The minimum atomic E-state index is -2.72. The van der Waals surface area contributed by atoms with E-state index in [0.29, 0.717) is 0 Å². The number of nitrogens with two attached hydrogens (primary N) is 1. The number of carbonyl (C=O) groups excluding carboxylic acids is 1. The number of hydrogen-bond donors (Lipinski definition) is 1. The first-order valence-corrected chi connectivity index (χ1v) is 5.34. The van der Waals surface area contributed by atoms with E-state index < -0.39 is 12.4 Å². The molecule has 0 atom stereocenters. The van der Waals surface area contributed by atoms with Gasteiger partial charge in [0, 0.05) is 17.1 Å². The second-order valence-corrected chi connectivity index (χ2v) is 3.44. The van der Waals surface area contributed by atoms with Crippen molar-refractivity contribution in [2.45, 2.75) is 11.8 Å². The lowest BCUT2D eigenvalue weighted by Gasteiger charge is -2.12. The maximum atomic E-state index is 12.6. The van der Waals surface area contributed by atoms with Gasteiger partial charge in [-0.3, -0.25) is 0 Å². The number of hydrogen-bond acceptors (Lipinski definition) is 4. The van der Waals surface area contributed by atoms with E-state index in [1.54, 1.807) is 0 Å². The third-order valence-corrected chi connectivity index (χ3v) is 2.57. The van der Waals surface area contributed by atoms with Crippen molar-refractivity contribution in [2.75, 3.05) is 12.8 Å². The first-order valence-electron chi connectivity index (χ1n) is 4.22. The Morgan fingerprint density at radius 1 is 1.69 bits per heavy atom. The molecule has 0 aromatic carbocycles. The fourth-order valence-electron chi connectivity index (χ4n) is 1.24. The van der Waals surface area contributed by atoms with Gasteiger partial charge >= 0.3 is 5.97 Å². The van der Waals surface area contributed by atoms with Crippen LogP contribution in [0.1, 0.15) is 27.9 Å². The van der Waals surface area contributed by atoms with E-state index >= 15 is 0 Å². The molecular weight excluding hydrogens is 286 g/mol. The smallest absolute Gasteiger partial charge is 0.341 e. The Balaban J connectivity index is 3.44. The molecule has 0 aliphatic carbocycles. The summed E-state index contributed by atoms with van der Waals surface area (Å²) < 4.78 is 29.7. The number of ether oxygens (including phenoxy) is 1. The highest BCUT2D eigenvalue weighted by molar-refractivity contribution is 9.08. The molecule has 7 heteroatoms. The van der Waals surface area contributed by atoms with Gasteiger partial charge in [-0.05, 0) is 5.56 Å². The molecule has 0 radical (unpaired) electrons. The highest BCUT2D eigenvalue weighted by Crippen LogP contribution is 2.29. The number of nitrogen functional groups attached to an aromatic ring is 1. The van der Waals surface area contributed by atoms with Crippen LogP contribution in [-0.2, 0) is 10.1 Å². The van der Waals surface area contributed by atoms with Crippen LogP contribution < -0.4 is 5.73 Å². The topological polar surface area (TPSA) is 65.2 Å². The van der Waals surface area contributed by atoms with Crippen LogP contribution in [0.15, 0.2) is 6.20 Å². The van der Waals surface area contributed by atoms with Gasteiger partial charge in [-0.25, -0.2) is 18.6 Å². The summed E-state index contributed by atoms with van der Waals surface area (Å²) in [6.07, 6.45) is -1.76. The fraction of sp³-hybridized carbons (Fsp3) is 0.333. The monoisotopic (exact) mass is 294 g/mol. The summed E-state index contributed by atoms with van der Waals surface area (Å²) in [7, 11) is 1.15. The summed E-state index contributed by atoms with van der Waals surface area (Å²) in [5.74, 6) is -0.896. The summed E-state index contributed by atoms with van der Waals surface area (Å²) >= 11 is 3.03. The minimum Gasteiger partial charge on any atom is -0.465 e. The average Bonchev–Trinajstić information content (AvgIpc) is 2.26. The Labute approximate surface area is 98.9 Å². The molecule has 1 aromatic heterocycles. The van der Waals surface area contributed by atoms with Gasteiger partial charge in [-0.2, -0.15) is 0 Å². The van der Waals surface area contributed by atoms with Crippen molar-refractivity contribution in [1.82, 2.24) is 4.98 Å². The molecule has 0 unspecified atom stereocenters. The predicted octanol–water partition coefficient (Wildman–Crippen LogP) is 2.28. The number of aromatic nitrogens is 1. The molecule has 0 aliphatic rings. The second kappa shape index (κ2) is 5.20. The van der Waals surface area contributed by atoms with Gasteiger partial charge in [0.2, 0.25) is 0 Å². The van der Waals surface area contributed by atoms with E-state index in [4.69, 9.17) is 5.73 Å². The number of nitrogens with zero attached hydrogens (tertiary/aromatic N) is 1. The van der Waals surface area contributed by atoms with Crippen molar-refractivity contribution < 1.29 is 18.3 Å². The normalized spacial score (nSPS) is 10.6. The van der Waals surface area contributed by atoms with E-state index in [0.717, 1.165) is 13.3 Å². The zero-order chi connectivity index (χ0) is 12.3. The van der Waals surface area contributed by atoms with Crippen molar-refractivity contribution in [1.29, 1.82) is 0 Å². The number of alkyl halides is 3. The molecule has 0 spiro atoms. The summed E-state index contributed by atoms with van der Waals surface area (Å²) in [5.41, 5.74) is 5.13. The van der Waals surface area contributed by atoms with Gasteiger partial charge in [-0.15, -0.1) is 0 Å². The van der Waals surface area contributed by atoms with E-state index in [1.807, 2.05) is 0 Å². The van der Waals surface area contributed by atoms with Crippen molar-refractivity contribution in [3.8, 4) is 0 Å². The van der Waals surface area contributed by atoms with E-state index in [2.05, 4.69) is 25.7 Å². The minimum absolute atomic E-state index is 0.0732. The van der Waals surface area contributed by atoms with Crippen LogP contribution in [0.3, 0.4) is 0 Å². The summed E-state index contributed by atoms with van der Waals surface area (Å²) in [5, 5.41) is 0.0732. The number of anilines is 1. The van der Waals surface area contributed by atoms with Crippen molar-refractivity contribution in [2.24, 2.45) is 0 Å². The molecule has 0 saturated carbocycles.